The van der Waals surface area contributed by atoms with Crippen molar-refractivity contribution in [2.75, 3.05) is 6.54 Å². The Hall–Kier alpha value is -2.43. The Labute approximate surface area is 123 Å². The molecule has 1 N–H and O–H groups in total. The molecule has 1 aromatic heterocycles. The molecule has 0 saturated heterocycles. The van der Waals surface area contributed by atoms with E-state index >= 15 is 0 Å². The Morgan fingerprint density at radius 3 is 2.76 bits per heavy atom. The van der Waals surface area contributed by atoms with E-state index in [1.165, 1.54) is 6.33 Å². The highest BCUT2D eigenvalue weighted by Crippen LogP contribution is 2.46. The third-order valence-corrected chi connectivity index (χ3v) is 3.65. The largest absolute Gasteiger partial charge is 0.445 e. The van der Waals surface area contributed by atoms with Crippen LogP contribution in [0.3, 0.4) is 0 Å². The second kappa shape index (κ2) is 6.35. The van der Waals surface area contributed by atoms with Crippen LogP contribution in [0.15, 0.2) is 49.1 Å². The minimum Gasteiger partial charge on any atom is -0.445 e. The summed E-state index contributed by atoms with van der Waals surface area (Å²) in [6.45, 7) is 0.931. The molecule has 1 amide bonds. The Morgan fingerprint density at radius 1 is 1.24 bits per heavy atom. The van der Waals surface area contributed by atoms with Gasteiger partial charge in [0.1, 0.15) is 12.9 Å². The van der Waals surface area contributed by atoms with E-state index in [1.807, 2.05) is 42.7 Å². The lowest BCUT2D eigenvalue weighted by atomic mass is 10.2. The molecule has 108 valence electrons. The molecule has 0 spiro atoms. The number of carbonyl (C=O) groups excluding carboxylic acids is 1. The zero-order valence-electron chi connectivity index (χ0n) is 11.6. The van der Waals surface area contributed by atoms with E-state index in [4.69, 9.17) is 4.74 Å². The van der Waals surface area contributed by atoms with Crippen LogP contribution in [0, 0.1) is 5.92 Å². The van der Waals surface area contributed by atoms with Gasteiger partial charge in [-0.3, -0.25) is 0 Å². The van der Waals surface area contributed by atoms with Crippen molar-refractivity contribution in [3.63, 3.8) is 0 Å². The van der Waals surface area contributed by atoms with Crippen LogP contribution in [0.1, 0.15) is 23.5 Å². The lowest BCUT2D eigenvalue weighted by Crippen LogP contribution is -2.26. The van der Waals surface area contributed by atoms with Gasteiger partial charge in [0, 0.05) is 18.9 Å². The van der Waals surface area contributed by atoms with Crippen LogP contribution in [-0.4, -0.2) is 22.6 Å². The average molecular weight is 283 g/mol. The molecule has 3 rings (SSSR count). The maximum absolute atomic E-state index is 11.6. The Balaban J connectivity index is 1.38. The van der Waals surface area contributed by atoms with Crippen LogP contribution in [0.5, 0.6) is 0 Å². The van der Waals surface area contributed by atoms with E-state index < -0.39 is 0 Å². The van der Waals surface area contributed by atoms with Crippen molar-refractivity contribution in [3.05, 3.63) is 60.2 Å². The summed E-state index contributed by atoms with van der Waals surface area (Å²) in [7, 11) is 0. The average Bonchev–Trinajstić information content (AvgIpc) is 3.32. The molecule has 5 heteroatoms. The SMILES string of the molecule is O=C(NC[C@@H]1C[C@H]1c1cncnc1)OCc1ccccc1. The van der Waals surface area contributed by atoms with Gasteiger partial charge in [0.05, 0.1) is 0 Å². The van der Waals surface area contributed by atoms with E-state index in [0.29, 0.717) is 25.0 Å². The van der Waals surface area contributed by atoms with Gasteiger partial charge in [-0.05, 0) is 29.4 Å². The van der Waals surface area contributed by atoms with E-state index in [0.717, 1.165) is 17.5 Å². The van der Waals surface area contributed by atoms with Crippen LogP contribution in [0.25, 0.3) is 0 Å². The predicted octanol–water partition coefficient (Wildman–Crippen LogP) is 2.51. The standard InChI is InChI=1S/C16H17N3O2/c20-16(21-10-12-4-2-1-3-5-12)19-9-13-6-15(13)14-7-17-11-18-8-14/h1-5,7-8,11,13,15H,6,9-10H2,(H,19,20)/t13-,15+/m0/s1. The minimum atomic E-state index is -0.367. The molecule has 2 atom stereocenters. The summed E-state index contributed by atoms with van der Waals surface area (Å²) in [6, 6.07) is 9.64. The molecule has 0 aliphatic heterocycles. The van der Waals surface area contributed by atoms with Gasteiger partial charge in [-0.2, -0.15) is 0 Å². The van der Waals surface area contributed by atoms with Crippen molar-refractivity contribution in [2.24, 2.45) is 5.92 Å². The summed E-state index contributed by atoms with van der Waals surface area (Å²) in [5.74, 6) is 0.917. The summed E-state index contributed by atoms with van der Waals surface area (Å²) in [5.41, 5.74) is 2.13. The molecule has 0 bridgehead atoms. The van der Waals surface area contributed by atoms with Crippen LogP contribution in [-0.2, 0) is 11.3 Å². The number of amides is 1. The van der Waals surface area contributed by atoms with Crippen molar-refractivity contribution < 1.29 is 9.53 Å². The van der Waals surface area contributed by atoms with Gasteiger partial charge in [0.2, 0.25) is 0 Å². The number of nitrogens with zero attached hydrogens (tertiary/aromatic N) is 2. The molecular weight excluding hydrogens is 266 g/mol. The number of hydrogen-bond acceptors (Lipinski definition) is 4. The van der Waals surface area contributed by atoms with Crippen molar-refractivity contribution in [2.45, 2.75) is 18.9 Å². The van der Waals surface area contributed by atoms with Gasteiger partial charge >= 0.3 is 6.09 Å². The minimum absolute atomic E-state index is 0.299. The fourth-order valence-electron chi connectivity index (χ4n) is 2.37. The molecule has 1 saturated carbocycles. The molecule has 2 aromatic rings. The molecule has 1 heterocycles. The van der Waals surface area contributed by atoms with Crippen molar-refractivity contribution in [3.8, 4) is 0 Å². The second-order valence-corrected chi connectivity index (χ2v) is 5.22. The van der Waals surface area contributed by atoms with Crippen molar-refractivity contribution in [1.82, 2.24) is 15.3 Å². The van der Waals surface area contributed by atoms with E-state index in [9.17, 15) is 4.79 Å². The maximum atomic E-state index is 11.6. The number of benzene rings is 1. The first-order chi connectivity index (χ1) is 10.3. The smallest absolute Gasteiger partial charge is 0.407 e. The first-order valence-electron chi connectivity index (χ1n) is 7.02. The second-order valence-electron chi connectivity index (χ2n) is 5.22. The Bertz CT molecular complexity index is 589. The van der Waals surface area contributed by atoms with Crippen LogP contribution >= 0.6 is 0 Å². The van der Waals surface area contributed by atoms with Gasteiger partial charge in [0.25, 0.3) is 0 Å². The summed E-state index contributed by atoms with van der Waals surface area (Å²) >= 11 is 0. The lowest BCUT2D eigenvalue weighted by Gasteiger charge is -2.06. The molecule has 21 heavy (non-hydrogen) atoms. The first kappa shape index (κ1) is 13.5. The Morgan fingerprint density at radius 2 is 2.00 bits per heavy atom. The number of rotatable bonds is 5. The fraction of sp³-hybridized carbons (Fsp3) is 0.312. The fourth-order valence-corrected chi connectivity index (χ4v) is 2.37. The molecule has 1 fully saturated rings. The number of alkyl carbamates (subject to hydrolysis) is 1. The number of hydrogen-bond donors (Lipinski definition) is 1. The zero-order valence-corrected chi connectivity index (χ0v) is 11.6. The Kier molecular flexibility index (Phi) is 4.09. The van der Waals surface area contributed by atoms with Gasteiger partial charge in [-0.25, -0.2) is 14.8 Å². The van der Waals surface area contributed by atoms with E-state index in [2.05, 4.69) is 15.3 Å². The zero-order chi connectivity index (χ0) is 14.5. The van der Waals surface area contributed by atoms with Crippen molar-refractivity contribution in [1.29, 1.82) is 0 Å². The van der Waals surface area contributed by atoms with Crippen LogP contribution in [0.4, 0.5) is 4.79 Å². The van der Waals surface area contributed by atoms with Gasteiger partial charge in [-0.15, -0.1) is 0 Å². The third kappa shape index (κ3) is 3.78. The molecule has 1 aromatic carbocycles. The van der Waals surface area contributed by atoms with Crippen LogP contribution in [0.2, 0.25) is 0 Å². The number of carbonyl (C=O) groups is 1. The molecule has 1 aliphatic rings. The normalized spacial score (nSPS) is 19.8. The summed E-state index contributed by atoms with van der Waals surface area (Å²) < 4.78 is 5.17. The number of ether oxygens (including phenoxy) is 1. The lowest BCUT2D eigenvalue weighted by molar-refractivity contribution is 0.139. The quantitative estimate of drug-likeness (QED) is 0.915. The molecule has 5 nitrogen and oxygen atoms in total. The van der Waals surface area contributed by atoms with E-state index in [-0.39, 0.29) is 6.09 Å². The third-order valence-electron chi connectivity index (χ3n) is 3.65. The first-order valence-corrected chi connectivity index (χ1v) is 7.02. The number of nitrogens with one attached hydrogen (secondary N) is 1. The van der Waals surface area contributed by atoms with Crippen LogP contribution < -0.4 is 5.32 Å². The molecule has 1 aliphatic carbocycles. The van der Waals surface area contributed by atoms with Gasteiger partial charge < -0.3 is 10.1 Å². The molecule has 0 radical (unpaired) electrons. The summed E-state index contributed by atoms with van der Waals surface area (Å²) in [6.07, 6.45) is 5.90. The highest BCUT2D eigenvalue weighted by atomic mass is 16.5. The highest BCUT2D eigenvalue weighted by molar-refractivity contribution is 5.67. The molecular formula is C16H17N3O2. The van der Waals surface area contributed by atoms with Gasteiger partial charge in [0.15, 0.2) is 0 Å². The number of aromatic nitrogens is 2. The monoisotopic (exact) mass is 283 g/mol. The highest BCUT2D eigenvalue weighted by Gasteiger charge is 2.38. The van der Waals surface area contributed by atoms with Crippen molar-refractivity contribution >= 4 is 6.09 Å². The topological polar surface area (TPSA) is 64.1 Å². The summed E-state index contributed by atoms with van der Waals surface area (Å²) in [5, 5.41) is 2.81. The summed E-state index contributed by atoms with van der Waals surface area (Å²) in [4.78, 5) is 19.7. The van der Waals surface area contributed by atoms with E-state index in [1.54, 1.807) is 0 Å². The molecule has 0 unspecified atom stereocenters. The van der Waals surface area contributed by atoms with Gasteiger partial charge in [-0.1, -0.05) is 30.3 Å². The maximum Gasteiger partial charge on any atom is 0.407 e. The predicted molar refractivity (Wildman–Crippen MR) is 77.5 cm³/mol.